The van der Waals surface area contributed by atoms with Crippen LogP contribution in [-0.4, -0.2) is 34.4 Å². The van der Waals surface area contributed by atoms with Crippen molar-refractivity contribution in [3.63, 3.8) is 0 Å². The van der Waals surface area contributed by atoms with Gasteiger partial charge in [0.15, 0.2) is 0 Å². The van der Waals surface area contributed by atoms with Crippen LogP contribution < -0.4 is 5.32 Å². The average molecular weight is 349 g/mol. The minimum Gasteiger partial charge on any atom is -0.324 e. The van der Waals surface area contributed by atoms with E-state index in [1.807, 2.05) is 54.6 Å². The number of carbonyl (C=O) groups is 1. The fourth-order valence-electron chi connectivity index (χ4n) is 5.45. The number of para-hydroxylation sites is 1. The molecule has 2 saturated heterocycles. The van der Waals surface area contributed by atoms with Crippen LogP contribution in [0.3, 0.4) is 0 Å². The number of anilines is 1. The summed E-state index contributed by atoms with van der Waals surface area (Å²) in [5.41, 5.74) is 1.50. The van der Waals surface area contributed by atoms with Crippen LogP contribution in [0, 0.1) is 10.1 Å². The number of amides is 1. The molecule has 3 aliphatic heterocycles. The molecule has 0 radical (unpaired) electrons. The number of nitrogens with one attached hydrogen (secondary N) is 1. The molecule has 0 bridgehead atoms. The molecule has 0 aromatic heterocycles. The first-order valence-corrected chi connectivity index (χ1v) is 9.02. The highest BCUT2D eigenvalue weighted by molar-refractivity contribution is 6.07. The Bertz CT molecular complexity index is 900. The SMILES string of the molecule is O=C1Nc2ccccc2C12[C@H](c1ccccc1)[C@@H]([N+](=O)[O-])C1CCCN12. The molecule has 1 N–H and O–H groups in total. The van der Waals surface area contributed by atoms with Crippen molar-refractivity contribution in [2.24, 2.45) is 0 Å². The monoisotopic (exact) mass is 349 g/mol. The smallest absolute Gasteiger partial charge is 0.250 e. The molecule has 5 rings (SSSR count). The van der Waals surface area contributed by atoms with Gasteiger partial charge in [-0.05, 0) is 24.5 Å². The molecule has 3 heterocycles. The van der Waals surface area contributed by atoms with Crippen LogP contribution in [0.25, 0.3) is 0 Å². The van der Waals surface area contributed by atoms with Crippen LogP contribution in [0.15, 0.2) is 54.6 Å². The van der Waals surface area contributed by atoms with Gasteiger partial charge in [-0.3, -0.25) is 19.8 Å². The zero-order chi connectivity index (χ0) is 17.9. The number of hydrogen-bond acceptors (Lipinski definition) is 4. The third kappa shape index (κ3) is 1.77. The molecule has 6 nitrogen and oxygen atoms in total. The van der Waals surface area contributed by atoms with Crippen LogP contribution in [0.1, 0.15) is 29.9 Å². The highest BCUT2D eigenvalue weighted by atomic mass is 16.6. The Hall–Kier alpha value is -2.73. The van der Waals surface area contributed by atoms with Crippen molar-refractivity contribution in [2.45, 2.75) is 36.4 Å². The molecule has 2 unspecified atom stereocenters. The van der Waals surface area contributed by atoms with Crippen molar-refractivity contribution >= 4 is 11.6 Å². The Kier molecular flexibility index (Phi) is 3.21. The van der Waals surface area contributed by atoms with Gasteiger partial charge >= 0.3 is 0 Å². The lowest BCUT2D eigenvalue weighted by Crippen LogP contribution is -2.50. The molecule has 4 atom stereocenters. The van der Waals surface area contributed by atoms with Gasteiger partial charge in [0.2, 0.25) is 6.04 Å². The van der Waals surface area contributed by atoms with Gasteiger partial charge in [0, 0.05) is 22.7 Å². The van der Waals surface area contributed by atoms with Gasteiger partial charge in [-0.2, -0.15) is 0 Å². The van der Waals surface area contributed by atoms with E-state index in [2.05, 4.69) is 10.2 Å². The zero-order valence-electron chi connectivity index (χ0n) is 14.2. The topological polar surface area (TPSA) is 75.5 Å². The first-order chi connectivity index (χ1) is 12.7. The van der Waals surface area contributed by atoms with E-state index in [1.165, 1.54) is 0 Å². The Balaban J connectivity index is 1.81. The molecule has 2 aromatic carbocycles. The Morgan fingerprint density at radius 2 is 1.85 bits per heavy atom. The second-order valence-electron chi connectivity index (χ2n) is 7.33. The number of fused-ring (bicyclic) bond motifs is 4. The van der Waals surface area contributed by atoms with Crippen molar-refractivity contribution in [1.29, 1.82) is 0 Å². The molecule has 26 heavy (non-hydrogen) atoms. The number of nitro groups is 1. The molecule has 1 amide bonds. The summed E-state index contributed by atoms with van der Waals surface area (Å²) in [4.78, 5) is 27.5. The third-order valence-corrected chi connectivity index (χ3v) is 6.27. The summed E-state index contributed by atoms with van der Waals surface area (Å²) in [6.45, 7) is 0.708. The maximum absolute atomic E-state index is 13.4. The predicted molar refractivity (Wildman–Crippen MR) is 96.4 cm³/mol. The fraction of sp³-hybridized carbons (Fsp3) is 0.350. The second kappa shape index (κ2) is 5.38. The summed E-state index contributed by atoms with van der Waals surface area (Å²) in [7, 11) is 0. The highest BCUT2D eigenvalue weighted by Crippen LogP contribution is 2.59. The number of nitrogens with zero attached hydrogens (tertiary/aromatic N) is 2. The van der Waals surface area contributed by atoms with Gasteiger partial charge in [0.05, 0.1) is 12.0 Å². The Morgan fingerprint density at radius 1 is 1.12 bits per heavy atom. The van der Waals surface area contributed by atoms with E-state index >= 15 is 0 Å². The third-order valence-electron chi connectivity index (χ3n) is 6.27. The summed E-state index contributed by atoms with van der Waals surface area (Å²) in [5, 5.41) is 15.1. The van der Waals surface area contributed by atoms with Crippen LogP contribution in [-0.2, 0) is 10.3 Å². The van der Waals surface area contributed by atoms with E-state index < -0.39 is 17.5 Å². The quantitative estimate of drug-likeness (QED) is 0.668. The van der Waals surface area contributed by atoms with Crippen LogP contribution in [0.2, 0.25) is 0 Å². The molecular formula is C20H19N3O3. The van der Waals surface area contributed by atoms with E-state index in [9.17, 15) is 14.9 Å². The molecule has 0 saturated carbocycles. The Morgan fingerprint density at radius 3 is 2.62 bits per heavy atom. The summed E-state index contributed by atoms with van der Waals surface area (Å²) in [6, 6.07) is 16.1. The maximum atomic E-state index is 13.4. The normalized spacial score (nSPS) is 32.5. The van der Waals surface area contributed by atoms with Gasteiger partial charge in [-0.1, -0.05) is 48.5 Å². The minimum absolute atomic E-state index is 0.135. The second-order valence-corrected chi connectivity index (χ2v) is 7.33. The number of carbonyl (C=O) groups excluding carboxylic acids is 1. The molecule has 132 valence electrons. The first kappa shape index (κ1) is 15.5. The molecular weight excluding hydrogens is 330 g/mol. The first-order valence-electron chi connectivity index (χ1n) is 9.02. The van der Waals surface area contributed by atoms with Gasteiger partial charge in [-0.15, -0.1) is 0 Å². The van der Waals surface area contributed by atoms with Crippen molar-refractivity contribution < 1.29 is 9.72 Å². The van der Waals surface area contributed by atoms with E-state index in [1.54, 1.807) is 0 Å². The summed E-state index contributed by atoms with van der Waals surface area (Å²) < 4.78 is 0. The summed E-state index contributed by atoms with van der Waals surface area (Å²) >= 11 is 0. The zero-order valence-corrected chi connectivity index (χ0v) is 14.2. The van der Waals surface area contributed by atoms with Crippen molar-refractivity contribution in [3.8, 4) is 0 Å². The van der Waals surface area contributed by atoms with Gasteiger partial charge in [0.25, 0.3) is 5.91 Å². The van der Waals surface area contributed by atoms with E-state index in [4.69, 9.17) is 0 Å². The van der Waals surface area contributed by atoms with E-state index in [0.29, 0.717) is 6.54 Å². The largest absolute Gasteiger partial charge is 0.324 e. The van der Waals surface area contributed by atoms with Crippen LogP contribution >= 0.6 is 0 Å². The maximum Gasteiger partial charge on any atom is 0.250 e. The van der Waals surface area contributed by atoms with Gasteiger partial charge < -0.3 is 5.32 Å². The highest BCUT2D eigenvalue weighted by Gasteiger charge is 2.71. The lowest BCUT2D eigenvalue weighted by Gasteiger charge is -2.36. The number of benzene rings is 2. The van der Waals surface area contributed by atoms with E-state index in [-0.39, 0.29) is 16.9 Å². The molecule has 6 heteroatoms. The Labute approximate surface area is 151 Å². The standard InChI is InChI=1S/C20H19N3O3/c24-19-20(14-9-4-5-10-15(14)21-19)17(13-7-2-1-3-8-13)18(23(25)26)16-11-6-12-22(16)20/h1-5,7-10,16-18H,6,11-12H2,(H,21,24)/t16?,17-,18+,20?/m1/s1. The van der Waals surface area contributed by atoms with Crippen molar-refractivity contribution in [3.05, 3.63) is 75.8 Å². The van der Waals surface area contributed by atoms with Gasteiger partial charge in [-0.25, -0.2) is 0 Å². The number of hydrogen-bond donors (Lipinski definition) is 1. The van der Waals surface area contributed by atoms with Crippen molar-refractivity contribution in [1.82, 2.24) is 4.90 Å². The molecule has 1 spiro atoms. The average Bonchev–Trinajstić information content (AvgIpc) is 3.29. The number of rotatable bonds is 2. The molecule has 3 aliphatic rings. The van der Waals surface area contributed by atoms with Crippen LogP contribution in [0.4, 0.5) is 5.69 Å². The van der Waals surface area contributed by atoms with E-state index in [0.717, 1.165) is 29.7 Å². The van der Waals surface area contributed by atoms with Gasteiger partial charge in [0.1, 0.15) is 5.54 Å². The summed E-state index contributed by atoms with van der Waals surface area (Å²) in [5.74, 6) is -0.642. The molecule has 2 aromatic rings. The van der Waals surface area contributed by atoms with Crippen molar-refractivity contribution in [2.75, 3.05) is 11.9 Å². The van der Waals surface area contributed by atoms with Crippen LogP contribution in [0.5, 0.6) is 0 Å². The lowest BCUT2D eigenvalue weighted by molar-refractivity contribution is -0.527. The fourth-order valence-corrected chi connectivity index (χ4v) is 5.45. The molecule has 2 fully saturated rings. The molecule has 0 aliphatic carbocycles. The minimum atomic E-state index is -1.00. The lowest BCUT2D eigenvalue weighted by atomic mass is 9.73. The summed E-state index contributed by atoms with van der Waals surface area (Å²) in [6.07, 6.45) is 1.64. The predicted octanol–water partition coefficient (Wildman–Crippen LogP) is 2.74.